The molecule has 2 aromatic rings. The molecule has 1 fully saturated rings. The molecule has 0 spiro atoms. The molecule has 1 aromatic carbocycles. The second kappa shape index (κ2) is 12.3. The minimum Gasteiger partial charge on any atom is -0.345 e. The summed E-state index contributed by atoms with van der Waals surface area (Å²) in [6, 6.07) is 3.30. The summed E-state index contributed by atoms with van der Waals surface area (Å²) in [5.41, 5.74) is 0.848. The fourth-order valence-corrected chi connectivity index (χ4v) is 4.81. The van der Waals surface area contributed by atoms with Crippen LogP contribution in [-0.4, -0.2) is 76.3 Å². The lowest BCUT2D eigenvalue weighted by molar-refractivity contribution is -0.139. The highest BCUT2D eigenvalue weighted by atomic mass is 19.1. The third kappa shape index (κ3) is 6.60. The first kappa shape index (κ1) is 27.6. The van der Waals surface area contributed by atoms with Gasteiger partial charge in [-0.1, -0.05) is 13.0 Å². The van der Waals surface area contributed by atoms with Crippen LogP contribution in [-0.2, 0) is 21.4 Å². The standard InChI is InChI=1S/C26H39FN6O3/c1-6-18-10-7-8-14-33(18)23(35)16-20(29-22(34)13-15-31(3)4)26(36)28-17(2)25-30-24-19(27)11-9-12-21(24)32(25)5/h9,11-12,17-18,20H,6-8,10,13-16H2,1-5H3,(H,28,36)(H,29,34)/t17-,18-,20-/m0/s1. The minimum atomic E-state index is -1.01. The number of benzene rings is 1. The van der Waals surface area contributed by atoms with Gasteiger partial charge in [0.05, 0.1) is 18.0 Å². The third-order valence-corrected chi connectivity index (χ3v) is 6.88. The van der Waals surface area contributed by atoms with Crippen LogP contribution in [0.25, 0.3) is 11.0 Å². The van der Waals surface area contributed by atoms with Crippen LogP contribution >= 0.6 is 0 Å². The highest BCUT2D eigenvalue weighted by molar-refractivity contribution is 5.92. The molecule has 3 atom stereocenters. The molecular weight excluding hydrogens is 463 g/mol. The highest BCUT2D eigenvalue weighted by Crippen LogP contribution is 2.23. The summed E-state index contributed by atoms with van der Waals surface area (Å²) < 4.78 is 16.0. The van der Waals surface area contributed by atoms with Crippen molar-refractivity contribution in [3.8, 4) is 0 Å². The number of likely N-dealkylation sites (tertiary alicyclic amines) is 1. The fourth-order valence-electron chi connectivity index (χ4n) is 4.81. The number of amides is 3. The number of rotatable bonds is 10. The van der Waals surface area contributed by atoms with Gasteiger partial charge in [0.25, 0.3) is 0 Å². The van der Waals surface area contributed by atoms with Crippen LogP contribution in [0.4, 0.5) is 4.39 Å². The van der Waals surface area contributed by atoms with Crippen molar-refractivity contribution in [2.24, 2.45) is 7.05 Å². The number of fused-ring (bicyclic) bond motifs is 1. The first-order valence-electron chi connectivity index (χ1n) is 12.8. The lowest BCUT2D eigenvalue weighted by Crippen LogP contribution is -2.52. The molecule has 1 aromatic heterocycles. The maximum absolute atomic E-state index is 14.2. The van der Waals surface area contributed by atoms with Crippen molar-refractivity contribution < 1.29 is 18.8 Å². The summed E-state index contributed by atoms with van der Waals surface area (Å²) in [6.07, 6.45) is 3.94. The van der Waals surface area contributed by atoms with E-state index in [4.69, 9.17) is 0 Å². The van der Waals surface area contributed by atoms with E-state index < -0.39 is 23.8 Å². The lowest BCUT2D eigenvalue weighted by Gasteiger charge is -2.36. The molecule has 36 heavy (non-hydrogen) atoms. The Balaban J connectivity index is 1.76. The topological polar surface area (TPSA) is 99.6 Å². The Kier molecular flexibility index (Phi) is 9.42. The van der Waals surface area contributed by atoms with E-state index in [1.807, 2.05) is 23.9 Å². The molecule has 1 aliphatic rings. The van der Waals surface area contributed by atoms with Crippen LogP contribution in [0.15, 0.2) is 18.2 Å². The molecule has 0 aliphatic carbocycles. The Hall–Kier alpha value is -3.01. The number of imidazole rings is 1. The molecule has 1 saturated heterocycles. The highest BCUT2D eigenvalue weighted by Gasteiger charge is 2.31. The Bertz CT molecular complexity index is 1090. The predicted octanol–water partition coefficient (Wildman–Crippen LogP) is 2.51. The van der Waals surface area contributed by atoms with Crippen LogP contribution in [0.3, 0.4) is 0 Å². The number of para-hydroxylation sites is 1. The summed E-state index contributed by atoms with van der Waals surface area (Å²) in [5, 5.41) is 5.65. The molecule has 0 radical (unpaired) electrons. The van der Waals surface area contributed by atoms with E-state index in [1.54, 1.807) is 30.7 Å². The normalized spacial score (nSPS) is 17.8. The van der Waals surface area contributed by atoms with Gasteiger partial charge in [-0.3, -0.25) is 14.4 Å². The van der Waals surface area contributed by atoms with Gasteiger partial charge in [0.15, 0.2) is 5.82 Å². The van der Waals surface area contributed by atoms with E-state index in [0.717, 1.165) is 25.7 Å². The molecule has 2 N–H and O–H groups in total. The van der Waals surface area contributed by atoms with Gasteiger partial charge in [-0.15, -0.1) is 0 Å². The lowest BCUT2D eigenvalue weighted by atomic mass is 9.99. The Morgan fingerprint density at radius 3 is 2.64 bits per heavy atom. The van der Waals surface area contributed by atoms with Crippen molar-refractivity contribution in [3.63, 3.8) is 0 Å². The third-order valence-electron chi connectivity index (χ3n) is 6.88. The summed E-state index contributed by atoms with van der Waals surface area (Å²) in [5.74, 6) is -0.843. The number of nitrogens with one attached hydrogen (secondary N) is 2. The van der Waals surface area contributed by atoms with Crippen LogP contribution in [0.5, 0.6) is 0 Å². The number of carbonyl (C=O) groups is 3. The molecule has 0 saturated carbocycles. The van der Waals surface area contributed by atoms with Crippen LogP contribution in [0.2, 0.25) is 0 Å². The Morgan fingerprint density at radius 1 is 1.22 bits per heavy atom. The number of hydrogen-bond donors (Lipinski definition) is 2. The number of carbonyl (C=O) groups excluding carboxylic acids is 3. The zero-order chi connectivity index (χ0) is 26.4. The first-order valence-corrected chi connectivity index (χ1v) is 12.8. The van der Waals surface area contributed by atoms with Gasteiger partial charge in [-0.2, -0.15) is 0 Å². The van der Waals surface area contributed by atoms with Crippen LogP contribution in [0, 0.1) is 5.82 Å². The second-order valence-electron chi connectivity index (χ2n) is 9.89. The molecular formula is C26H39FN6O3. The maximum Gasteiger partial charge on any atom is 0.243 e. The van der Waals surface area contributed by atoms with Gasteiger partial charge in [-0.05, 0) is 58.8 Å². The summed E-state index contributed by atoms with van der Waals surface area (Å²) in [6.45, 7) is 5.01. The number of aryl methyl sites for hydroxylation is 1. The molecule has 3 amide bonds. The van der Waals surface area contributed by atoms with Crippen molar-refractivity contribution in [2.45, 2.75) is 70.5 Å². The van der Waals surface area contributed by atoms with Crippen LogP contribution < -0.4 is 10.6 Å². The van der Waals surface area contributed by atoms with Gasteiger partial charge in [0.2, 0.25) is 17.7 Å². The molecule has 0 bridgehead atoms. The van der Waals surface area contributed by atoms with E-state index in [9.17, 15) is 18.8 Å². The largest absolute Gasteiger partial charge is 0.345 e. The van der Waals surface area contributed by atoms with Gasteiger partial charge in [0.1, 0.15) is 17.4 Å². The van der Waals surface area contributed by atoms with E-state index >= 15 is 0 Å². The van der Waals surface area contributed by atoms with E-state index in [-0.39, 0.29) is 36.2 Å². The number of hydrogen-bond acceptors (Lipinski definition) is 5. The Morgan fingerprint density at radius 2 is 1.97 bits per heavy atom. The average Bonchev–Trinajstić information content (AvgIpc) is 3.20. The van der Waals surface area contributed by atoms with Crippen LogP contribution in [0.1, 0.15) is 64.2 Å². The van der Waals surface area contributed by atoms with E-state index in [0.29, 0.717) is 24.4 Å². The monoisotopic (exact) mass is 502 g/mol. The zero-order valence-electron chi connectivity index (χ0n) is 22.0. The number of halogens is 1. The summed E-state index contributed by atoms with van der Waals surface area (Å²) in [7, 11) is 5.49. The SMILES string of the molecule is CC[C@H]1CCCCN1C(=O)C[C@H](NC(=O)CCN(C)C)C(=O)N[C@@H](C)c1nc2c(F)cccc2n1C. The number of piperidine rings is 1. The van der Waals surface area contributed by atoms with E-state index in [2.05, 4.69) is 22.5 Å². The minimum absolute atomic E-state index is 0.111. The molecule has 1 aliphatic heterocycles. The summed E-state index contributed by atoms with van der Waals surface area (Å²) in [4.78, 5) is 47.3. The number of nitrogens with zero attached hydrogens (tertiary/aromatic N) is 4. The van der Waals surface area contributed by atoms with Gasteiger partial charge in [-0.25, -0.2) is 9.37 Å². The quantitative estimate of drug-likeness (QED) is 0.520. The van der Waals surface area contributed by atoms with Crippen molar-refractivity contribution in [2.75, 3.05) is 27.2 Å². The smallest absolute Gasteiger partial charge is 0.243 e. The average molecular weight is 503 g/mol. The molecule has 2 heterocycles. The molecule has 3 rings (SSSR count). The van der Waals surface area contributed by atoms with Gasteiger partial charge >= 0.3 is 0 Å². The maximum atomic E-state index is 14.2. The first-order chi connectivity index (χ1) is 17.1. The zero-order valence-corrected chi connectivity index (χ0v) is 22.0. The van der Waals surface area contributed by atoms with Crippen molar-refractivity contribution in [1.29, 1.82) is 0 Å². The molecule has 0 unspecified atom stereocenters. The van der Waals surface area contributed by atoms with Gasteiger partial charge < -0.3 is 25.0 Å². The molecule has 9 nitrogen and oxygen atoms in total. The van der Waals surface area contributed by atoms with Crippen molar-refractivity contribution in [1.82, 2.24) is 30.0 Å². The Labute approximate surface area is 212 Å². The molecule has 198 valence electrons. The number of aromatic nitrogens is 2. The summed E-state index contributed by atoms with van der Waals surface area (Å²) >= 11 is 0. The van der Waals surface area contributed by atoms with Gasteiger partial charge in [0, 0.05) is 32.6 Å². The predicted molar refractivity (Wildman–Crippen MR) is 137 cm³/mol. The second-order valence-corrected chi connectivity index (χ2v) is 9.89. The van der Waals surface area contributed by atoms with Crippen molar-refractivity contribution >= 4 is 28.8 Å². The van der Waals surface area contributed by atoms with E-state index in [1.165, 1.54) is 6.07 Å². The molecule has 10 heteroatoms. The van der Waals surface area contributed by atoms with Crippen molar-refractivity contribution in [3.05, 3.63) is 29.8 Å². The fraction of sp³-hybridized carbons (Fsp3) is 0.615.